The maximum absolute atomic E-state index is 10.8. The number of aromatic nitrogens is 2. The van der Waals surface area contributed by atoms with Gasteiger partial charge < -0.3 is 15.7 Å². The first-order valence-corrected chi connectivity index (χ1v) is 6.16. The van der Waals surface area contributed by atoms with E-state index in [2.05, 4.69) is 20.6 Å². The van der Waals surface area contributed by atoms with Gasteiger partial charge in [-0.05, 0) is 33.1 Å². The van der Waals surface area contributed by atoms with E-state index in [1.807, 2.05) is 0 Å². The van der Waals surface area contributed by atoms with Crippen molar-refractivity contribution in [3.8, 4) is 0 Å². The zero-order chi connectivity index (χ0) is 13.1. The van der Waals surface area contributed by atoms with Gasteiger partial charge in [-0.25, -0.2) is 9.97 Å². The van der Waals surface area contributed by atoms with Crippen molar-refractivity contribution in [3.63, 3.8) is 0 Å². The molecule has 0 bridgehead atoms. The van der Waals surface area contributed by atoms with Crippen molar-refractivity contribution >= 4 is 17.6 Å². The van der Waals surface area contributed by atoms with E-state index >= 15 is 0 Å². The van der Waals surface area contributed by atoms with Crippen molar-refractivity contribution < 1.29 is 9.90 Å². The summed E-state index contributed by atoms with van der Waals surface area (Å²) >= 11 is 0. The van der Waals surface area contributed by atoms with Gasteiger partial charge in [-0.1, -0.05) is 0 Å². The molecule has 2 rings (SSSR count). The minimum absolute atomic E-state index is 0.490. The molecule has 1 saturated carbocycles. The fourth-order valence-corrected chi connectivity index (χ4v) is 1.76. The Hall–Kier alpha value is -1.85. The van der Waals surface area contributed by atoms with E-state index in [0.717, 1.165) is 18.7 Å². The van der Waals surface area contributed by atoms with Crippen molar-refractivity contribution in [2.24, 2.45) is 0 Å². The Balaban J connectivity index is 2.07. The van der Waals surface area contributed by atoms with Crippen molar-refractivity contribution in [3.05, 3.63) is 11.9 Å². The van der Waals surface area contributed by atoms with E-state index in [9.17, 15) is 4.79 Å². The van der Waals surface area contributed by atoms with Crippen LogP contribution in [0.5, 0.6) is 0 Å². The highest BCUT2D eigenvalue weighted by Crippen LogP contribution is 2.23. The Morgan fingerprint density at radius 3 is 2.67 bits per heavy atom. The summed E-state index contributed by atoms with van der Waals surface area (Å²) in [6.07, 6.45) is 3.58. The van der Waals surface area contributed by atoms with Gasteiger partial charge in [-0.3, -0.25) is 4.79 Å². The average molecular weight is 250 g/mol. The fourth-order valence-electron chi connectivity index (χ4n) is 1.76. The first-order chi connectivity index (χ1) is 8.54. The molecule has 1 unspecified atom stereocenters. The summed E-state index contributed by atoms with van der Waals surface area (Å²) in [7, 11) is 0. The molecule has 18 heavy (non-hydrogen) atoms. The lowest BCUT2D eigenvalue weighted by molar-refractivity contribution is -0.137. The molecule has 0 radical (unpaired) electrons. The minimum Gasteiger partial charge on any atom is -0.480 e. The standard InChI is InChI=1S/C12H18N4O2/c1-7(12(17)18)13-10-6-11(15-8(2)14-10)16-9-4-3-5-9/h6-7,9H,3-5H2,1-2H3,(H,17,18)(H2,13,14,15,16). The summed E-state index contributed by atoms with van der Waals surface area (Å²) in [5, 5.41) is 15.0. The molecule has 0 aliphatic heterocycles. The number of hydrogen-bond donors (Lipinski definition) is 3. The molecule has 1 heterocycles. The summed E-state index contributed by atoms with van der Waals surface area (Å²) < 4.78 is 0. The number of hydrogen-bond acceptors (Lipinski definition) is 5. The molecular formula is C12H18N4O2. The monoisotopic (exact) mass is 250 g/mol. The van der Waals surface area contributed by atoms with E-state index < -0.39 is 12.0 Å². The smallest absolute Gasteiger partial charge is 0.325 e. The number of anilines is 2. The third kappa shape index (κ3) is 3.09. The zero-order valence-corrected chi connectivity index (χ0v) is 10.6. The first-order valence-electron chi connectivity index (χ1n) is 6.16. The van der Waals surface area contributed by atoms with Crippen LogP contribution in [0.1, 0.15) is 32.0 Å². The predicted octanol–water partition coefficient (Wildman–Crippen LogP) is 1.63. The second kappa shape index (κ2) is 5.20. The van der Waals surface area contributed by atoms with Crippen LogP contribution >= 0.6 is 0 Å². The second-order valence-corrected chi connectivity index (χ2v) is 4.66. The number of rotatable bonds is 5. The third-order valence-electron chi connectivity index (χ3n) is 3.03. The molecule has 1 fully saturated rings. The number of aryl methyl sites for hydroxylation is 1. The normalized spacial score (nSPS) is 16.8. The summed E-state index contributed by atoms with van der Waals surface area (Å²) in [4.78, 5) is 19.3. The molecule has 1 aromatic rings. The Bertz CT molecular complexity index is 446. The Morgan fingerprint density at radius 1 is 1.44 bits per heavy atom. The number of nitrogens with one attached hydrogen (secondary N) is 2. The van der Waals surface area contributed by atoms with Gasteiger partial charge in [-0.2, -0.15) is 0 Å². The molecule has 1 aliphatic rings. The maximum Gasteiger partial charge on any atom is 0.325 e. The van der Waals surface area contributed by atoms with Crippen LogP contribution in [0, 0.1) is 6.92 Å². The maximum atomic E-state index is 10.8. The molecule has 0 amide bonds. The summed E-state index contributed by atoms with van der Waals surface area (Å²) in [6.45, 7) is 3.38. The van der Waals surface area contributed by atoms with Gasteiger partial charge in [0.05, 0.1) is 0 Å². The molecular weight excluding hydrogens is 232 g/mol. The van der Waals surface area contributed by atoms with Gasteiger partial charge >= 0.3 is 5.97 Å². The van der Waals surface area contributed by atoms with Crippen molar-refractivity contribution in [1.82, 2.24) is 9.97 Å². The van der Waals surface area contributed by atoms with Crippen LogP contribution in [0.15, 0.2) is 6.07 Å². The number of nitrogens with zero attached hydrogens (tertiary/aromatic N) is 2. The quantitative estimate of drug-likeness (QED) is 0.736. The van der Waals surface area contributed by atoms with Gasteiger partial charge in [0, 0.05) is 12.1 Å². The number of aliphatic carboxylic acids is 1. The lowest BCUT2D eigenvalue weighted by atomic mass is 9.93. The molecule has 98 valence electrons. The molecule has 0 aromatic carbocycles. The lowest BCUT2D eigenvalue weighted by Gasteiger charge is -2.27. The van der Waals surface area contributed by atoms with Crippen LogP contribution in [0.4, 0.5) is 11.6 Å². The molecule has 6 heteroatoms. The molecule has 3 N–H and O–H groups in total. The average Bonchev–Trinajstić information content (AvgIpc) is 2.22. The van der Waals surface area contributed by atoms with Crippen LogP contribution in [-0.2, 0) is 4.79 Å². The molecule has 0 saturated heterocycles. The number of carbonyl (C=O) groups is 1. The summed E-state index contributed by atoms with van der Waals surface area (Å²) in [5.41, 5.74) is 0. The third-order valence-corrected chi connectivity index (χ3v) is 3.03. The van der Waals surface area contributed by atoms with Crippen molar-refractivity contribution in [1.29, 1.82) is 0 Å². The highest BCUT2D eigenvalue weighted by atomic mass is 16.4. The fraction of sp³-hybridized carbons (Fsp3) is 0.583. The van der Waals surface area contributed by atoms with E-state index in [1.165, 1.54) is 6.42 Å². The van der Waals surface area contributed by atoms with E-state index in [1.54, 1.807) is 19.9 Å². The van der Waals surface area contributed by atoms with Gasteiger partial charge in [0.1, 0.15) is 23.5 Å². The highest BCUT2D eigenvalue weighted by molar-refractivity contribution is 5.76. The molecule has 6 nitrogen and oxygen atoms in total. The highest BCUT2D eigenvalue weighted by Gasteiger charge is 2.18. The Kier molecular flexibility index (Phi) is 3.64. The van der Waals surface area contributed by atoms with Crippen molar-refractivity contribution in [2.45, 2.75) is 45.2 Å². The predicted molar refractivity (Wildman–Crippen MR) is 68.8 cm³/mol. The Morgan fingerprint density at radius 2 is 2.11 bits per heavy atom. The van der Waals surface area contributed by atoms with Gasteiger partial charge in [0.2, 0.25) is 0 Å². The Labute approximate surface area is 106 Å². The van der Waals surface area contributed by atoms with E-state index in [-0.39, 0.29) is 0 Å². The van der Waals surface area contributed by atoms with E-state index in [4.69, 9.17) is 5.11 Å². The molecule has 1 aliphatic carbocycles. The van der Waals surface area contributed by atoms with Gasteiger partial charge in [0.25, 0.3) is 0 Å². The zero-order valence-electron chi connectivity index (χ0n) is 10.6. The first kappa shape index (κ1) is 12.6. The van der Waals surface area contributed by atoms with Crippen LogP contribution in [0.2, 0.25) is 0 Å². The van der Waals surface area contributed by atoms with Gasteiger partial charge in [0.15, 0.2) is 0 Å². The number of carboxylic acid groups (broad SMARTS) is 1. The van der Waals surface area contributed by atoms with Crippen LogP contribution in [0.3, 0.4) is 0 Å². The van der Waals surface area contributed by atoms with E-state index in [0.29, 0.717) is 17.7 Å². The van der Waals surface area contributed by atoms with Crippen molar-refractivity contribution in [2.75, 3.05) is 10.6 Å². The van der Waals surface area contributed by atoms with Crippen LogP contribution < -0.4 is 10.6 Å². The minimum atomic E-state index is -0.903. The molecule has 0 spiro atoms. The summed E-state index contributed by atoms with van der Waals surface area (Å²) in [6, 6.07) is 1.57. The SMILES string of the molecule is Cc1nc(NC2CCC2)cc(NC(C)C(=O)O)n1. The summed E-state index contributed by atoms with van der Waals surface area (Å²) in [5.74, 6) is 1.02. The largest absolute Gasteiger partial charge is 0.480 e. The topological polar surface area (TPSA) is 87.1 Å². The van der Waals surface area contributed by atoms with Crippen LogP contribution in [0.25, 0.3) is 0 Å². The second-order valence-electron chi connectivity index (χ2n) is 4.66. The van der Waals surface area contributed by atoms with Gasteiger partial charge in [-0.15, -0.1) is 0 Å². The van der Waals surface area contributed by atoms with Crippen LogP contribution in [-0.4, -0.2) is 33.1 Å². The molecule has 1 aromatic heterocycles. The molecule has 1 atom stereocenters. The lowest BCUT2D eigenvalue weighted by Crippen LogP contribution is -2.28. The number of carboxylic acids is 1.